The predicted octanol–water partition coefficient (Wildman–Crippen LogP) is 3.01. The first-order valence-corrected chi connectivity index (χ1v) is 3.62. The molecule has 0 heterocycles. The van der Waals surface area contributed by atoms with Gasteiger partial charge in [-0.15, -0.1) is 11.6 Å². The van der Waals surface area contributed by atoms with E-state index in [2.05, 4.69) is 20.8 Å². The topological polar surface area (TPSA) is 0 Å². The van der Waals surface area contributed by atoms with Gasteiger partial charge in [0.05, 0.1) is 0 Å². The molecule has 0 N–H and O–H groups in total. The highest BCUT2D eigenvalue weighted by molar-refractivity contribution is 6.21. The molecule has 49 valence electrons. The SMILES string of the molecule is CC[C](C)C(Cl)CC. The molecule has 1 atom stereocenters. The number of halogens is 1. The molecule has 1 radical (unpaired) electrons. The Hall–Kier alpha value is 0.290. The third-order valence-electron chi connectivity index (χ3n) is 1.45. The molecule has 0 amide bonds. The van der Waals surface area contributed by atoms with Crippen LogP contribution in [0.5, 0.6) is 0 Å². The standard InChI is InChI=1S/C7H14Cl/c1-4-6(3)7(8)5-2/h7H,4-5H2,1-3H3. The van der Waals surface area contributed by atoms with Crippen LogP contribution in [0.25, 0.3) is 0 Å². The van der Waals surface area contributed by atoms with E-state index in [-0.39, 0.29) is 0 Å². The van der Waals surface area contributed by atoms with Crippen LogP contribution in [0.3, 0.4) is 0 Å². The van der Waals surface area contributed by atoms with Crippen LogP contribution in [-0.4, -0.2) is 5.38 Å². The summed E-state index contributed by atoms with van der Waals surface area (Å²) in [5.74, 6) is 1.40. The summed E-state index contributed by atoms with van der Waals surface area (Å²) in [4.78, 5) is 0. The van der Waals surface area contributed by atoms with Gasteiger partial charge in [0.1, 0.15) is 0 Å². The summed E-state index contributed by atoms with van der Waals surface area (Å²) in [5.41, 5.74) is 0. The van der Waals surface area contributed by atoms with E-state index in [4.69, 9.17) is 11.6 Å². The van der Waals surface area contributed by atoms with Crippen molar-refractivity contribution in [3.8, 4) is 0 Å². The zero-order valence-corrected chi connectivity index (χ0v) is 6.63. The second kappa shape index (κ2) is 4.20. The Bertz CT molecular complexity index is 44.3. The molecule has 0 aliphatic heterocycles. The molecular weight excluding hydrogens is 120 g/mol. The van der Waals surface area contributed by atoms with Gasteiger partial charge in [-0.25, -0.2) is 0 Å². The largest absolute Gasteiger partial charge is 0.122 e. The molecule has 0 aromatic rings. The Balaban J connectivity index is 3.29. The maximum Gasteiger partial charge on any atom is 0.0392 e. The third-order valence-corrected chi connectivity index (χ3v) is 2.13. The molecular formula is C7H14Cl. The van der Waals surface area contributed by atoms with Crippen LogP contribution in [0.1, 0.15) is 33.6 Å². The Labute approximate surface area is 57.2 Å². The zero-order valence-electron chi connectivity index (χ0n) is 5.87. The van der Waals surface area contributed by atoms with Crippen molar-refractivity contribution in [2.45, 2.75) is 39.0 Å². The molecule has 0 saturated heterocycles. The van der Waals surface area contributed by atoms with Crippen LogP contribution >= 0.6 is 11.6 Å². The van der Waals surface area contributed by atoms with Crippen LogP contribution in [0.15, 0.2) is 0 Å². The van der Waals surface area contributed by atoms with Crippen LogP contribution in [0.4, 0.5) is 0 Å². The summed E-state index contributed by atoms with van der Waals surface area (Å²) in [6.45, 7) is 6.36. The van der Waals surface area contributed by atoms with Gasteiger partial charge in [0.15, 0.2) is 0 Å². The van der Waals surface area contributed by atoms with Gasteiger partial charge in [-0.2, -0.15) is 0 Å². The van der Waals surface area contributed by atoms with Gasteiger partial charge < -0.3 is 0 Å². The van der Waals surface area contributed by atoms with E-state index >= 15 is 0 Å². The normalized spacial score (nSPS) is 14.6. The number of alkyl halides is 1. The van der Waals surface area contributed by atoms with Crippen LogP contribution in [0.2, 0.25) is 0 Å². The second-order valence-electron chi connectivity index (χ2n) is 2.08. The molecule has 0 spiro atoms. The Morgan fingerprint density at radius 2 is 2.00 bits per heavy atom. The lowest BCUT2D eigenvalue weighted by Gasteiger charge is -2.11. The summed E-state index contributed by atoms with van der Waals surface area (Å²) in [7, 11) is 0. The second-order valence-corrected chi connectivity index (χ2v) is 2.60. The number of hydrogen-bond acceptors (Lipinski definition) is 0. The van der Waals surface area contributed by atoms with Crippen molar-refractivity contribution in [2.75, 3.05) is 0 Å². The van der Waals surface area contributed by atoms with Crippen molar-refractivity contribution in [2.24, 2.45) is 0 Å². The first kappa shape index (κ1) is 8.29. The average molecular weight is 134 g/mol. The Morgan fingerprint density at radius 1 is 1.50 bits per heavy atom. The molecule has 0 aromatic carbocycles. The predicted molar refractivity (Wildman–Crippen MR) is 39.1 cm³/mol. The summed E-state index contributed by atoms with van der Waals surface area (Å²) >= 11 is 5.88. The maximum atomic E-state index is 5.88. The lowest BCUT2D eigenvalue weighted by Crippen LogP contribution is -2.05. The molecule has 0 aliphatic rings. The Morgan fingerprint density at radius 3 is 2.12 bits per heavy atom. The molecule has 0 saturated carbocycles. The highest BCUT2D eigenvalue weighted by atomic mass is 35.5. The van der Waals surface area contributed by atoms with E-state index < -0.39 is 0 Å². The van der Waals surface area contributed by atoms with Crippen molar-refractivity contribution in [1.29, 1.82) is 0 Å². The molecule has 0 aromatic heterocycles. The smallest absolute Gasteiger partial charge is 0.0392 e. The fourth-order valence-electron chi connectivity index (χ4n) is 0.570. The highest BCUT2D eigenvalue weighted by Gasteiger charge is 2.08. The first-order chi connectivity index (χ1) is 3.72. The highest BCUT2D eigenvalue weighted by Crippen LogP contribution is 2.18. The van der Waals surface area contributed by atoms with Gasteiger partial charge in [0.2, 0.25) is 0 Å². The molecule has 1 heteroatoms. The fraction of sp³-hybridized carbons (Fsp3) is 0.857. The van der Waals surface area contributed by atoms with E-state index in [0.29, 0.717) is 5.38 Å². The maximum absolute atomic E-state index is 5.88. The van der Waals surface area contributed by atoms with Gasteiger partial charge in [0.25, 0.3) is 0 Å². The van der Waals surface area contributed by atoms with Crippen LogP contribution in [-0.2, 0) is 0 Å². The van der Waals surface area contributed by atoms with Gasteiger partial charge in [-0.3, -0.25) is 0 Å². The van der Waals surface area contributed by atoms with E-state index in [1.54, 1.807) is 0 Å². The average Bonchev–Trinajstić information content (AvgIpc) is 1.84. The molecule has 0 aliphatic carbocycles. The summed E-state index contributed by atoms with van der Waals surface area (Å²) in [5, 5.41) is 0.306. The minimum atomic E-state index is 0.306. The van der Waals surface area contributed by atoms with Crippen LogP contribution in [0, 0.1) is 5.92 Å². The number of hydrogen-bond donors (Lipinski definition) is 0. The molecule has 0 rings (SSSR count). The van der Waals surface area contributed by atoms with E-state index in [9.17, 15) is 0 Å². The molecule has 0 fully saturated rings. The zero-order chi connectivity index (χ0) is 6.57. The summed E-state index contributed by atoms with van der Waals surface area (Å²) in [6, 6.07) is 0. The van der Waals surface area contributed by atoms with Crippen molar-refractivity contribution in [3.63, 3.8) is 0 Å². The van der Waals surface area contributed by atoms with Gasteiger partial charge in [-0.1, -0.05) is 20.8 Å². The van der Waals surface area contributed by atoms with E-state index in [1.807, 2.05) is 0 Å². The van der Waals surface area contributed by atoms with Gasteiger partial charge in [-0.05, 0) is 18.8 Å². The molecule has 1 unspecified atom stereocenters. The first-order valence-electron chi connectivity index (χ1n) is 3.18. The number of rotatable bonds is 3. The molecule has 8 heavy (non-hydrogen) atoms. The van der Waals surface area contributed by atoms with E-state index in [1.165, 1.54) is 5.92 Å². The molecule has 0 nitrogen and oxygen atoms in total. The van der Waals surface area contributed by atoms with Crippen molar-refractivity contribution >= 4 is 11.6 Å². The van der Waals surface area contributed by atoms with Crippen molar-refractivity contribution < 1.29 is 0 Å². The minimum absolute atomic E-state index is 0.306. The monoisotopic (exact) mass is 133 g/mol. The summed E-state index contributed by atoms with van der Waals surface area (Å²) in [6.07, 6.45) is 2.17. The van der Waals surface area contributed by atoms with Gasteiger partial charge >= 0.3 is 0 Å². The van der Waals surface area contributed by atoms with Crippen molar-refractivity contribution in [3.05, 3.63) is 5.92 Å². The summed E-state index contributed by atoms with van der Waals surface area (Å²) < 4.78 is 0. The fourth-order valence-corrected chi connectivity index (χ4v) is 0.724. The minimum Gasteiger partial charge on any atom is -0.122 e. The lowest BCUT2D eigenvalue weighted by atomic mass is 10.0. The Kier molecular flexibility index (Phi) is 4.35. The van der Waals surface area contributed by atoms with Crippen molar-refractivity contribution in [1.82, 2.24) is 0 Å². The lowest BCUT2D eigenvalue weighted by molar-refractivity contribution is 0.754. The molecule has 0 bridgehead atoms. The van der Waals surface area contributed by atoms with Gasteiger partial charge in [0, 0.05) is 5.38 Å². The third kappa shape index (κ3) is 2.56. The van der Waals surface area contributed by atoms with Crippen LogP contribution < -0.4 is 0 Å². The van der Waals surface area contributed by atoms with E-state index in [0.717, 1.165) is 12.8 Å². The quantitative estimate of drug-likeness (QED) is 0.520.